The fourth-order valence-corrected chi connectivity index (χ4v) is 1.51. The molecule has 10 heavy (non-hydrogen) atoms. The monoisotopic (exact) mass is 144 g/mol. The molecule has 0 spiro atoms. The Morgan fingerprint density at radius 2 is 2.20 bits per heavy atom. The fraction of sp³-hybridized carbons (Fsp3) is 0.857. The molecular formula is C7H12O3. The van der Waals surface area contributed by atoms with Crippen LogP contribution in [0.4, 0.5) is 0 Å². The number of carboxylic acids is 1. The summed E-state index contributed by atoms with van der Waals surface area (Å²) in [6, 6.07) is 0. The first-order valence-electron chi connectivity index (χ1n) is 3.43. The molecule has 1 aliphatic carbocycles. The highest BCUT2D eigenvalue weighted by Crippen LogP contribution is 2.54. The third-order valence-corrected chi connectivity index (χ3v) is 2.51. The quantitative estimate of drug-likeness (QED) is 0.592. The van der Waals surface area contributed by atoms with Gasteiger partial charge in [0.15, 0.2) is 0 Å². The van der Waals surface area contributed by atoms with E-state index in [-0.39, 0.29) is 5.92 Å². The van der Waals surface area contributed by atoms with E-state index >= 15 is 0 Å². The average molecular weight is 144 g/mol. The van der Waals surface area contributed by atoms with E-state index in [1.165, 1.54) is 6.92 Å². The number of carbonyl (C=O) groups is 1. The molecule has 0 aromatic heterocycles. The molecule has 1 rings (SSSR count). The number of hydrogen-bond donors (Lipinski definition) is 2. The van der Waals surface area contributed by atoms with Crippen molar-refractivity contribution in [3.05, 3.63) is 0 Å². The van der Waals surface area contributed by atoms with Gasteiger partial charge in [-0.25, -0.2) is 0 Å². The molecule has 0 amide bonds. The highest BCUT2D eigenvalue weighted by Gasteiger charge is 2.61. The Hall–Kier alpha value is -0.570. The topological polar surface area (TPSA) is 57.5 Å². The van der Waals surface area contributed by atoms with Crippen molar-refractivity contribution < 1.29 is 15.0 Å². The summed E-state index contributed by atoms with van der Waals surface area (Å²) in [7, 11) is 0. The minimum atomic E-state index is -0.866. The number of aliphatic carboxylic acids is 1. The highest BCUT2D eigenvalue weighted by atomic mass is 16.4. The van der Waals surface area contributed by atoms with E-state index < -0.39 is 17.5 Å². The lowest BCUT2D eigenvalue weighted by atomic mass is 9.98. The van der Waals surface area contributed by atoms with Gasteiger partial charge in [-0.2, -0.15) is 0 Å². The molecule has 0 aromatic rings. The fourth-order valence-electron chi connectivity index (χ4n) is 1.51. The van der Waals surface area contributed by atoms with Gasteiger partial charge in [-0.3, -0.25) is 4.79 Å². The summed E-state index contributed by atoms with van der Waals surface area (Å²) < 4.78 is 0. The zero-order valence-corrected chi connectivity index (χ0v) is 6.16. The van der Waals surface area contributed by atoms with Gasteiger partial charge >= 0.3 is 5.97 Å². The summed E-state index contributed by atoms with van der Waals surface area (Å²) in [5.41, 5.74) is -0.819. The van der Waals surface area contributed by atoms with E-state index in [0.717, 1.165) is 0 Å². The van der Waals surface area contributed by atoms with Crippen molar-refractivity contribution >= 4 is 5.97 Å². The van der Waals surface area contributed by atoms with Crippen LogP contribution in [0.25, 0.3) is 0 Å². The number of rotatable bonds is 2. The van der Waals surface area contributed by atoms with Gasteiger partial charge < -0.3 is 10.2 Å². The van der Waals surface area contributed by atoms with Crippen LogP contribution in [0, 0.1) is 11.3 Å². The first-order chi connectivity index (χ1) is 4.51. The van der Waals surface area contributed by atoms with Crippen molar-refractivity contribution in [3.8, 4) is 0 Å². The van der Waals surface area contributed by atoms with Gasteiger partial charge in [0.05, 0.1) is 11.5 Å². The van der Waals surface area contributed by atoms with Crippen LogP contribution in [-0.2, 0) is 4.79 Å². The van der Waals surface area contributed by atoms with Crippen LogP contribution >= 0.6 is 0 Å². The van der Waals surface area contributed by atoms with Gasteiger partial charge in [-0.15, -0.1) is 0 Å². The maximum atomic E-state index is 10.6. The molecule has 0 unspecified atom stereocenters. The molecule has 0 saturated heterocycles. The van der Waals surface area contributed by atoms with E-state index in [9.17, 15) is 4.79 Å². The smallest absolute Gasteiger partial charge is 0.312 e. The number of aliphatic hydroxyl groups excluding tert-OH is 1. The standard InChI is InChI=1S/C7H12O3/c1-4-3-7(4,5(2)8)6(9)10/h4-5,8H,3H2,1-2H3,(H,9,10)/t4-,5-,7-/m1/s1. The van der Waals surface area contributed by atoms with Crippen molar-refractivity contribution in [1.82, 2.24) is 0 Å². The van der Waals surface area contributed by atoms with E-state index in [4.69, 9.17) is 10.2 Å². The van der Waals surface area contributed by atoms with Gasteiger partial charge in [0.1, 0.15) is 0 Å². The molecule has 1 saturated carbocycles. The van der Waals surface area contributed by atoms with E-state index in [1.807, 2.05) is 6.92 Å². The Balaban J connectivity index is 2.73. The molecule has 0 aliphatic heterocycles. The third kappa shape index (κ3) is 0.736. The molecule has 2 N–H and O–H groups in total. The molecule has 3 atom stereocenters. The Labute approximate surface area is 59.7 Å². The first kappa shape index (κ1) is 7.54. The molecule has 1 aliphatic rings. The maximum Gasteiger partial charge on any atom is 0.312 e. The van der Waals surface area contributed by atoms with Crippen LogP contribution in [0.15, 0.2) is 0 Å². The molecular weight excluding hydrogens is 132 g/mol. The maximum absolute atomic E-state index is 10.6. The SMILES string of the molecule is C[C@@H]1C[C@]1(C(=O)O)[C@@H](C)O. The van der Waals surface area contributed by atoms with Crippen LogP contribution in [-0.4, -0.2) is 22.3 Å². The lowest BCUT2D eigenvalue weighted by Gasteiger charge is -2.13. The molecule has 0 bridgehead atoms. The van der Waals surface area contributed by atoms with Gasteiger partial charge in [-0.1, -0.05) is 6.92 Å². The Morgan fingerprint density at radius 3 is 2.20 bits per heavy atom. The average Bonchev–Trinajstić information content (AvgIpc) is 2.42. The second-order valence-electron chi connectivity index (χ2n) is 3.13. The Morgan fingerprint density at radius 1 is 1.80 bits per heavy atom. The van der Waals surface area contributed by atoms with Gasteiger partial charge in [0.25, 0.3) is 0 Å². The molecule has 3 heteroatoms. The van der Waals surface area contributed by atoms with Gasteiger partial charge in [0.2, 0.25) is 0 Å². The predicted molar refractivity (Wildman–Crippen MR) is 35.5 cm³/mol. The number of carboxylic acid groups (broad SMARTS) is 1. The lowest BCUT2D eigenvalue weighted by molar-refractivity contribution is -0.148. The van der Waals surface area contributed by atoms with E-state index in [0.29, 0.717) is 6.42 Å². The van der Waals surface area contributed by atoms with Crippen molar-refractivity contribution in [2.24, 2.45) is 11.3 Å². The van der Waals surface area contributed by atoms with Gasteiger partial charge in [-0.05, 0) is 19.3 Å². The minimum Gasteiger partial charge on any atom is -0.481 e. The third-order valence-electron chi connectivity index (χ3n) is 2.51. The zero-order chi connectivity index (χ0) is 7.94. The van der Waals surface area contributed by atoms with Crippen molar-refractivity contribution in [2.45, 2.75) is 26.4 Å². The molecule has 58 valence electrons. The summed E-state index contributed by atoms with van der Waals surface area (Å²) in [5, 5.41) is 17.8. The van der Waals surface area contributed by atoms with E-state index in [1.54, 1.807) is 0 Å². The van der Waals surface area contributed by atoms with E-state index in [2.05, 4.69) is 0 Å². The summed E-state index contributed by atoms with van der Waals surface area (Å²) in [5.74, 6) is -0.736. The normalized spacial score (nSPS) is 40.9. The Bertz CT molecular complexity index is 164. The molecule has 1 fully saturated rings. The van der Waals surface area contributed by atoms with Crippen LogP contribution in [0.3, 0.4) is 0 Å². The van der Waals surface area contributed by atoms with Crippen molar-refractivity contribution in [2.75, 3.05) is 0 Å². The molecule has 0 radical (unpaired) electrons. The predicted octanol–water partition coefficient (Wildman–Crippen LogP) is 0.478. The highest BCUT2D eigenvalue weighted by molar-refractivity contribution is 5.79. The van der Waals surface area contributed by atoms with Gasteiger partial charge in [0, 0.05) is 0 Å². The molecule has 3 nitrogen and oxygen atoms in total. The molecule has 0 aromatic carbocycles. The summed E-state index contributed by atoms with van der Waals surface area (Å²) >= 11 is 0. The zero-order valence-electron chi connectivity index (χ0n) is 6.16. The van der Waals surface area contributed by atoms with Crippen molar-refractivity contribution in [1.29, 1.82) is 0 Å². The largest absolute Gasteiger partial charge is 0.481 e. The number of hydrogen-bond acceptors (Lipinski definition) is 2. The Kier molecular flexibility index (Phi) is 1.47. The first-order valence-corrected chi connectivity index (χ1v) is 3.43. The number of aliphatic hydroxyl groups is 1. The molecule has 0 heterocycles. The van der Waals surface area contributed by atoms with Crippen LogP contribution < -0.4 is 0 Å². The second-order valence-corrected chi connectivity index (χ2v) is 3.13. The van der Waals surface area contributed by atoms with Crippen molar-refractivity contribution in [3.63, 3.8) is 0 Å². The second kappa shape index (κ2) is 1.95. The lowest BCUT2D eigenvalue weighted by Crippen LogP contribution is -2.29. The summed E-state index contributed by atoms with van der Waals surface area (Å²) in [4.78, 5) is 10.6. The van der Waals surface area contributed by atoms with Crippen LogP contribution in [0.2, 0.25) is 0 Å². The summed E-state index contributed by atoms with van der Waals surface area (Å²) in [6.45, 7) is 3.39. The minimum absolute atomic E-state index is 0.130. The van der Waals surface area contributed by atoms with Crippen LogP contribution in [0.1, 0.15) is 20.3 Å². The van der Waals surface area contributed by atoms with Crippen LogP contribution in [0.5, 0.6) is 0 Å². The summed E-state index contributed by atoms with van der Waals surface area (Å²) in [6.07, 6.45) is -0.111.